The fourth-order valence-electron chi connectivity index (χ4n) is 2.09. The first kappa shape index (κ1) is 18.0. The number of likely N-dealkylation sites (N-methyl/N-ethyl adjacent to an activating group) is 1. The van der Waals surface area contributed by atoms with Gasteiger partial charge in [-0.15, -0.1) is 0 Å². The van der Waals surface area contributed by atoms with Gasteiger partial charge in [-0.2, -0.15) is 13.2 Å². The zero-order chi connectivity index (χ0) is 15.9. The van der Waals surface area contributed by atoms with Gasteiger partial charge >= 0.3 is 6.18 Å². The van der Waals surface area contributed by atoms with Crippen LogP contribution in [0, 0.1) is 5.92 Å². The maximum absolute atomic E-state index is 12.0. The zero-order valence-electron chi connectivity index (χ0n) is 12.8. The van der Waals surface area contributed by atoms with Gasteiger partial charge in [0.05, 0.1) is 25.7 Å². The van der Waals surface area contributed by atoms with Crippen molar-refractivity contribution in [1.82, 2.24) is 5.32 Å². The molecule has 0 saturated carbocycles. The molecule has 21 heavy (non-hydrogen) atoms. The molecule has 2 nitrogen and oxygen atoms in total. The summed E-state index contributed by atoms with van der Waals surface area (Å²) >= 11 is 0. The normalized spacial score (nSPS) is 13.7. The molecule has 0 aromatic heterocycles. The predicted molar refractivity (Wildman–Crippen MR) is 78.3 cm³/mol. The Balaban J connectivity index is 2.48. The minimum atomic E-state index is -4.16. The van der Waals surface area contributed by atoms with Crippen LogP contribution in [-0.4, -0.2) is 26.4 Å². The molecule has 0 amide bonds. The van der Waals surface area contributed by atoms with Crippen LogP contribution in [0.3, 0.4) is 0 Å². The van der Waals surface area contributed by atoms with Crippen molar-refractivity contribution < 1.29 is 17.9 Å². The largest absolute Gasteiger partial charge is 0.391 e. The Labute approximate surface area is 124 Å². The fourth-order valence-corrected chi connectivity index (χ4v) is 2.09. The molecule has 1 aromatic carbocycles. The van der Waals surface area contributed by atoms with Crippen LogP contribution in [-0.2, 0) is 11.2 Å². The summed E-state index contributed by atoms with van der Waals surface area (Å²) in [4.78, 5) is 0. The number of nitrogens with one attached hydrogen (secondary N) is 1. The van der Waals surface area contributed by atoms with Crippen molar-refractivity contribution >= 4 is 0 Å². The third kappa shape index (κ3) is 7.48. The molecule has 0 bridgehead atoms. The highest BCUT2D eigenvalue weighted by Crippen LogP contribution is 2.20. The summed E-state index contributed by atoms with van der Waals surface area (Å²) in [5.41, 5.74) is 2.29. The van der Waals surface area contributed by atoms with Crippen LogP contribution >= 0.6 is 0 Å². The summed E-state index contributed by atoms with van der Waals surface area (Å²) in [7, 11) is 1.78. The van der Waals surface area contributed by atoms with Gasteiger partial charge in [0.25, 0.3) is 0 Å². The second-order valence-electron chi connectivity index (χ2n) is 5.62. The first-order valence-electron chi connectivity index (χ1n) is 7.22. The van der Waals surface area contributed by atoms with E-state index in [1.54, 1.807) is 7.05 Å². The Morgan fingerprint density at radius 2 is 1.76 bits per heavy atom. The topological polar surface area (TPSA) is 21.3 Å². The Hall–Kier alpha value is -1.07. The van der Waals surface area contributed by atoms with Crippen LogP contribution in [0.25, 0.3) is 0 Å². The van der Waals surface area contributed by atoms with Gasteiger partial charge in [-0.25, -0.2) is 0 Å². The molecule has 1 N–H and O–H groups in total. The van der Waals surface area contributed by atoms with Gasteiger partial charge in [-0.1, -0.05) is 38.1 Å². The maximum Gasteiger partial charge on any atom is 0.391 e. The van der Waals surface area contributed by atoms with E-state index in [9.17, 15) is 13.2 Å². The first-order valence-corrected chi connectivity index (χ1v) is 7.22. The lowest BCUT2D eigenvalue weighted by Crippen LogP contribution is -2.23. The summed E-state index contributed by atoms with van der Waals surface area (Å²) in [6.07, 6.45) is -4.04. The molecule has 0 radical (unpaired) electrons. The lowest BCUT2D eigenvalue weighted by Gasteiger charge is -2.18. The third-order valence-corrected chi connectivity index (χ3v) is 3.19. The van der Waals surface area contributed by atoms with Gasteiger partial charge in [0.2, 0.25) is 0 Å². The first-order chi connectivity index (χ1) is 9.81. The van der Waals surface area contributed by atoms with Crippen LogP contribution in [0.2, 0.25) is 0 Å². The van der Waals surface area contributed by atoms with Crippen molar-refractivity contribution in [1.29, 1.82) is 0 Å². The summed E-state index contributed by atoms with van der Waals surface area (Å²) < 4.78 is 41.2. The van der Waals surface area contributed by atoms with Gasteiger partial charge in [-0.3, -0.25) is 0 Å². The van der Waals surface area contributed by atoms with Crippen molar-refractivity contribution in [2.24, 2.45) is 5.92 Å². The monoisotopic (exact) mass is 303 g/mol. The Morgan fingerprint density at radius 3 is 2.24 bits per heavy atom. The Bertz CT molecular complexity index is 401. The summed E-state index contributed by atoms with van der Waals surface area (Å²) in [6.45, 7) is 4.26. The quantitative estimate of drug-likeness (QED) is 0.730. The molecule has 0 aliphatic rings. The second kappa shape index (κ2) is 8.39. The molecule has 0 aliphatic carbocycles. The molecule has 1 aromatic rings. The number of halogens is 3. The number of hydrogen-bond donors (Lipinski definition) is 1. The predicted octanol–water partition coefficient (Wildman–Crippen LogP) is 4.11. The number of alkyl halides is 3. The minimum Gasteiger partial charge on any atom is -0.379 e. The van der Waals surface area contributed by atoms with E-state index in [0.717, 1.165) is 12.0 Å². The van der Waals surface area contributed by atoms with E-state index in [2.05, 4.69) is 31.3 Å². The SMILES string of the molecule is CNC(COCCC(F)(F)F)c1ccc(CC(C)C)cc1. The van der Waals surface area contributed by atoms with Gasteiger partial charge in [0.15, 0.2) is 0 Å². The number of ether oxygens (including phenoxy) is 1. The van der Waals surface area contributed by atoms with E-state index >= 15 is 0 Å². The van der Waals surface area contributed by atoms with Crippen LogP contribution in [0.4, 0.5) is 13.2 Å². The standard InChI is InChI=1S/C16H24F3NO/c1-12(2)10-13-4-6-14(7-5-13)15(20-3)11-21-9-8-16(17,18)19/h4-7,12,15,20H,8-11H2,1-3H3. The van der Waals surface area contributed by atoms with Gasteiger partial charge < -0.3 is 10.1 Å². The zero-order valence-corrected chi connectivity index (χ0v) is 12.8. The molecule has 0 saturated heterocycles. The fraction of sp³-hybridized carbons (Fsp3) is 0.625. The van der Waals surface area contributed by atoms with Crippen LogP contribution < -0.4 is 5.32 Å². The van der Waals surface area contributed by atoms with E-state index in [0.29, 0.717) is 5.92 Å². The molecule has 1 rings (SSSR count). The van der Waals surface area contributed by atoms with E-state index in [1.165, 1.54) is 5.56 Å². The van der Waals surface area contributed by atoms with Gasteiger partial charge in [0, 0.05) is 0 Å². The lowest BCUT2D eigenvalue weighted by atomic mass is 10.00. The molecule has 0 aliphatic heterocycles. The third-order valence-electron chi connectivity index (χ3n) is 3.19. The highest BCUT2D eigenvalue weighted by atomic mass is 19.4. The average molecular weight is 303 g/mol. The number of hydrogen-bond acceptors (Lipinski definition) is 2. The highest BCUT2D eigenvalue weighted by Gasteiger charge is 2.26. The van der Waals surface area contributed by atoms with Crippen LogP contribution in [0.5, 0.6) is 0 Å². The van der Waals surface area contributed by atoms with Crippen molar-refractivity contribution in [2.45, 2.75) is 38.9 Å². The molecule has 5 heteroatoms. The van der Waals surface area contributed by atoms with Crippen LogP contribution in [0.1, 0.15) is 37.4 Å². The average Bonchev–Trinajstić information content (AvgIpc) is 2.38. The van der Waals surface area contributed by atoms with Crippen molar-refractivity contribution in [3.63, 3.8) is 0 Å². The van der Waals surface area contributed by atoms with Crippen molar-refractivity contribution in [2.75, 3.05) is 20.3 Å². The summed E-state index contributed by atoms with van der Waals surface area (Å²) in [5.74, 6) is 0.599. The smallest absolute Gasteiger partial charge is 0.379 e. The second-order valence-corrected chi connectivity index (χ2v) is 5.62. The molecule has 120 valence electrons. The lowest BCUT2D eigenvalue weighted by molar-refractivity contribution is -0.145. The number of benzene rings is 1. The van der Waals surface area contributed by atoms with Crippen molar-refractivity contribution in [3.05, 3.63) is 35.4 Å². The Morgan fingerprint density at radius 1 is 1.14 bits per heavy atom. The van der Waals surface area contributed by atoms with Crippen molar-refractivity contribution in [3.8, 4) is 0 Å². The van der Waals surface area contributed by atoms with E-state index in [-0.39, 0.29) is 19.3 Å². The number of rotatable bonds is 8. The van der Waals surface area contributed by atoms with Gasteiger partial charge in [-0.05, 0) is 30.5 Å². The molecular formula is C16H24F3NO. The Kier molecular flexibility index (Phi) is 7.18. The molecule has 1 atom stereocenters. The van der Waals surface area contributed by atoms with E-state index in [1.807, 2.05) is 12.1 Å². The molecule has 1 unspecified atom stereocenters. The summed E-state index contributed by atoms with van der Waals surface area (Å²) in [6, 6.07) is 8.05. The minimum absolute atomic E-state index is 0.0914. The van der Waals surface area contributed by atoms with Gasteiger partial charge in [0.1, 0.15) is 0 Å². The molecular weight excluding hydrogens is 279 g/mol. The van der Waals surface area contributed by atoms with Crippen LogP contribution in [0.15, 0.2) is 24.3 Å². The van der Waals surface area contributed by atoms with E-state index < -0.39 is 12.6 Å². The molecule has 0 heterocycles. The molecule has 0 spiro atoms. The maximum atomic E-state index is 12.0. The summed E-state index contributed by atoms with van der Waals surface area (Å²) in [5, 5.41) is 3.07. The molecule has 0 fully saturated rings. The highest BCUT2D eigenvalue weighted by molar-refractivity contribution is 5.25. The van der Waals surface area contributed by atoms with E-state index in [4.69, 9.17) is 4.74 Å².